The molecule has 0 spiro atoms. The lowest BCUT2D eigenvalue weighted by molar-refractivity contribution is -0.153. The Bertz CT molecular complexity index is 280. The van der Waals surface area contributed by atoms with Crippen LogP contribution in [0.4, 0.5) is 0 Å². The van der Waals surface area contributed by atoms with Gasteiger partial charge in [-0.25, -0.2) is 0 Å². The molecule has 1 saturated heterocycles. The van der Waals surface area contributed by atoms with E-state index in [1.807, 2.05) is 19.1 Å². The van der Waals surface area contributed by atoms with Crippen LogP contribution in [0.3, 0.4) is 0 Å². The zero-order valence-electron chi connectivity index (χ0n) is 7.53. The van der Waals surface area contributed by atoms with Crippen LogP contribution in [-0.4, -0.2) is 11.9 Å². The smallest absolute Gasteiger partial charge is 0.321 e. The summed E-state index contributed by atoms with van der Waals surface area (Å²) in [6.07, 6.45) is 5.60. The molecule has 0 aromatic heterocycles. The topological polar surface area (TPSA) is 43.4 Å². The molecule has 0 saturated carbocycles. The molecule has 2 rings (SSSR count). The number of carbonyl (C=O) groups excluding carboxylic acids is 2. The fraction of sp³-hybridized carbons (Fsp3) is 0.600. The number of ether oxygens (including phenoxy) is 1. The summed E-state index contributed by atoms with van der Waals surface area (Å²) < 4.78 is 4.61. The number of hydrogen-bond acceptors (Lipinski definition) is 3. The lowest BCUT2D eigenvalue weighted by Crippen LogP contribution is -2.27. The van der Waals surface area contributed by atoms with Gasteiger partial charge in [-0.2, -0.15) is 0 Å². The Morgan fingerprint density at radius 1 is 1.46 bits per heavy atom. The molecular formula is C10H12O3. The first-order chi connectivity index (χ1) is 6.24. The Balaban J connectivity index is 2.30. The van der Waals surface area contributed by atoms with E-state index in [1.54, 1.807) is 0 Å². The van der Waals surface area contributed by atoms with Gasteiger partial charge in [0.2, 0.25) is 0 Å². The molecule has 3 unspecified atom stereocenters. The number of allylic oxidation sites excluding steroid dienone is 1. The largest absolute Gasteiger partial charge is 0.392 e. The molecule has 1 aliphatic carbocycles. The van der Waals surface area contributed by atoms with E-state index in [0.29, 0.717) is 0 Å². The van der Waals surface area contributed by atoms with Crippen LogP contribution < -0.4 is 0 Å². The summed E-state index contributed by atoms with van der Waals surface area (Å²) in [5.41, 5.74) is 0. The zero-order chi connectivity index (χ0) is 9.42. The molecule has 0 N–H and O–H groups in total. The van der Waals surface area contributed by atoms with Gasteiger partial charge in [-0.05, 0) is 12.3 Å². The van der Waals surface area contributed by atoms with Crippen molar-refractivity contribution in [1.29, 1.82) is 0 Å². The van der Waals surface area contributed by atoms with Crippen molar-refractivity contribution in [2.75, 3.05) is 0 Å². The molecular weight excluding hydrogens is 168 g/mol. The number of fused-ring (bicyclic) bond motifs is 1. The summed E-state index contributed by atoms with van der Waals surface area (Å²) in [5.74, 6) is -0.918. The highest BCUT2D eigenvalue weighted by molar-refractivity contribution is 5.97. The minimum Gasteiger partial charge on any atom is -0.392 e. The highest BCUT2D eigenvalue weighted by atomic mass is 16.6. The third-order valence-electron chi connectivity index (χ3n) is 2.95. The first-order valence-electron chi connectivity index (χ1n) is 4.66. The second-order valence-electron chi connectivity index (χ2n) is 3.62. The predicted molar refractivity (Wildman–Crippen MR) is 45.6 cm³/mol. The summed E-state index contributed by atoms with van der Waals surface area (Å²) in [6, 6.07) is 0. The van der Waals surface area contributed by atoms with Gasteiger partial charge < -0.3 is 4.74 Å². The molecule has 0 radical (unpaired) electrons. The van der Waals surface area contributed by atoms with E-state index < -0.39 is 0 Å². The summed E-state index contributed by atoms with van der Waals surface area (Å²) in [7, 11) is 0. The Kier molecular flexibility index (Phi) is 1.94. The number of hydrogen-bond donors (Lipinski definition) is 0. The minimum absolute atomic E-state index is 0.206. The van der Waals surface area contributed by atoms with E-state index in [2.05, 4.69) is 4.74 Å². The molecule has 2 aliphatic rings. The summed E-state index contributed by atoms with van der Waals surface area (Å²) in [5, 5.41) is 0. The monoisotopic (exact) mass is 180 g/mol. The van der Waals surface area contributed by atoms with Gasteiger partial charge in [-0.1, -0.05) is 25.5 Å². The van der Waals surface area contributed by atoms with Crippen LogP contribution >= 0.6 is 0 Å². The van der Waals surface area contributed by atoms with Gasteiger partial charge in [0.05, 0.1) is 11.8 Å². The molecule has 0 amide bonds. The van der Waals surface area contributed by atoms with Crippen LogP contribution in [0, 0.1) is 17.8 Å². The maximum absolute atomic E-state index is 11.3. The second kappa shape index (κ2) is 2.98. The molecule has 70 valence electrons. The molecule has 0 aromatic carbocycles. The van der Waals surface area contributed by atoms with Gasteiger partial charge >= 0.3 is 11.9 Å². The van der Waals surface area contributed by atoms with Crippen molar-refractivity contribution in [1.82, 2.24) is 0 Å². The maximum Gasteiger partial charge on any atom is 0.321 e. The molecule has 3 heteroatoms. The third-order valence-corrected chi connectivity index (χ3v) is 2.95. The third kappa shape index (κ3) is 1.19. The molecule has 1 fully saturated rings. The second-order valence-corrected chi connectivity index (χ2v) is 3.62. The summed E-state index contributed by atoms with van der Waals surface area (Å²) >= 11 is 0. The van der Waals surface area contributed by atoms with Crippen LogP contribution in [0.1, 0.15) is 19.8 Å². The van der Waals surface area contributed by atoms with Crippen LogP contribution in [0.5, 0.6) is 0 Å². The highest BCUT2D eigenvalue weighted by Gasteiger charge is 2.47. The van der Waals surface area contributed by atoms with Crippen molar-refractivity contribution < 1.29 is 14.3 Å². The lowest BCUT2D eigenvalue weighted by Gasteiger charge is -2.23. The Labute approximate surface area is 76.8 Å². The Hall–Kier alpha value is -1.12. The van der Waals surface area contributed by atoms with Gasteiger partial charge in [0.1, 0.15) is 0 Å². The van der Waals surface area contributed by atoms with Crippen LogP contribution in [0.15, 0.2) is 12.2 Å². The summed E-state index contributed by atoms with van der Waals surface area (Å²) in [6.45, 7) is 2.04. The van der Waals surface area contributed by atoms with E-state index in [9.17, 15) is 9.59 Å². The van der Waals surface area contributed by atoms with Gasteiger partial charge in [-0.3, -0.25) is 9.59 Å². The Morgan fingerprint density at radius 2 is 2.23 bits per heavy atom. The lowest BCUT2D eigenvalue weighted by atomic mass is 9.76. The van der Waals surface area contributed by atoms with E-state index in [4.69, 9.17) is 0 Å². The number of esters is 2. The van der Waals surface area contributed by atoms with Gasteiger partial charge in [0, 0.05) is 0 Å². The quantitative estimate of drug-likeness (QED) is 0.347. The number of rotatable bonds is 1. The average Bonchev–Trinajstić information content (AvgIpc) is 2.43. The first-order valence-corrected chi connectivity index (χ1v) is 4.66. The van der Waals surface area contributed by atoms with E-state index >= 15 is 0 Å². The van der Waals surface area contributed by atoms with Crippen LogP contribution in [0.25, 0.3) is 0 Å². The highest BCUT2D eigenvalue weighted by Crippen LogP contribution is 2.38. The molecule has 3 atom stereocenters. The molecule has 1 aliphatic heterocycles. The molecule has 0 bridgehead atoms. The fourth-order valence-corrected chi connectivity index (χ4v) is 2.18. The van der Waals surface area contributed by atoms with Crippen molar-refractivity contribution in [3.63, 3.8) is 0 Å². The Morgan fingerprint density at radius 3 is 2.92 bits per heavy atom. The van der Waals surface area contributed by atoms with Crippen molar-refractivity contribution in [3.8, 4) is 0 Å². The van der Waals surface area contributed by atoms with E-state index in [1.165, 1.54) is 0 Å². The summed E-state index contributed by atoms with van der Waals surface area (Å²) in [4.78, 5) is 22.5. The van der Waals surface area contributed by atoms with Crippen molar-refractivity contribution in [2.45, 2.75) is 19.8 Å². The van der Waals surface area contributed by atoms with E-state index in [0.717, 1.165) is 12.8 Å². The van der Waals surface area contributed by atoms with Gasteiger partial charge in [0.15, 0.2) is 0 Å². The van der Waals surface area contributed by atoms with Crippen molar-refractivity contribution in [3.05, 3.63) is 12.2 Å². The minimum atomic E-state index is -0.371. The zero-order valence-corrected chi connectivity index (χ0v) is 7.53. The average molecular weight is 180 g/mol. The normalized spacial score (nSPS) is 37.5. The maximum atomic E-state index is 11.3. The van der Waals surface area contributed by atoms with Crippen LogP contribution in [-0.2, 0) is 14.3 Å². The predicted octanol–water partition coefficient (Wildman–Crippen LogP) is 1.29. The molecule has 13 heavy (non-hydrogen) atoms. The van der Waals surface area contributed by atoms with Crippen molar-refractivity contribution in [2.24, 2.45) is 17.8 Å². The van der Waals surface area contributed by atoms with E-state index in [-0.39, 0.29) is 29.7 Å². The van der Waals surface area contributed by atoms with Crippen molar-refractivity contribution >= 4 is 11.9 Å². The standard InChI is InChI=1S/C10H12O3/c1-2-6-4-3-5-7-8(6)10(12)13-9(7)11/h3,5-8H,2,4H2,1H3. The molecule has 3 nitrogen and oxygen atoms in total. The van der Waals surface area contributed by atoms with Gasteiger partial charge in [-0.15, -0.1) is 0 Å². The first kappa shape index (κ1) is 8.48. The SMILES string of the molecule is CCC1CC=CC2C(=O)OC(=O)C12. The number of cyclic esters (lactones) is 2. The van der Waals surface area contributed by atoms with Gasteiger partial charge in [0.25, 0.3) is 0 Å². The number of carbonyl (C=O) groups is 2. The molecule has 0 aromatic rings. The molecule has 1 heterocycles. The van der Waals surface area contributed by atoms with Crippen LogP contribution in [0.2, 0.25) is 0 Å². The fourth-order valence-electron chi connectivity index (χ4n) is 2.18.